The van der Waals surface area contributed by atoms with Gasteiger partial charge in [-0.1, -0.05) is 106 Å². The lowest BCUT2D eigenvalue weighted by Gasteiger charge is -2.41. The first-order chi connectivity index (χ1) is 61.4. The topological polar surface area (TPSA) is 564 Å². The number of aliphatic carboxylic acids is 1. The third-order valence-electron chi connectivity index (χ3n) is 22.9. The fourth-order valence-corrected chi connectivity index (χ4v) is 16.6. The summed E-state index contributed by atoms with van der Waals surface area (Å²) in [5.74, 6) is -17.4. The molecule has 8 aliphatic rings. The van der Waals surface area contributed by atoms with E-state index in [0.29, 0.717) is 30.9 Å². The highest BCUT2D eigenvalue weighted by Gasteiger charge is 2.52. The van der Waals surface area contributed by atoms with E-state index in [9.17, 15) is 70.9 Å². The predicted octanol–water partition coefficient (Wildman–Crippen LogP) is 4.93. The van der Waals surface area contributed by atoms with Crippen LogP contribution in [-0.4, -0.2) is 246 Å². The Labute approximate surface area is 760 Å². The van der Waals surface area contributed by atoms with E-state index >= 15 is 33.6 Å². The van der Waals surface area contributed by atoms with Crippen molar-refractivity contribution in [3.05, 3.63) is 164 Å². The Morgan fingerprint density at radius 1 is 0.554 bits per heavy atom. The van der Waals surface area contributed by atoms with Gasteiger partial charge in [-0.05, 0) is 160 Å². The molecule has 38 nitrogen and oxygen atoms in total. The summed E-state index contributed by atoms with van der Waals surface area (Å²) < 4.78 is 44.6. The summed E-state index contributed by atoms with van der Waals surface area (Å²) in [6.45, 7) is 3.61. The van der Waals surface area contributed by atoms with E-state index in [2.05, 4.69) is 56.4 Å². The number of phenols is 4. The number of fused-ring (bicyclic) bond motifs is 14. The number of carboxylic acid groups (broad SMARTS) is 1. The Morgan fingerprint density at radius 3 is 1.88 bits per heavy atom. The van der Waals surface area contributed by atoms with Crippen LogP contribution in [0.2, 0.25) is 10.0 Å². The number of aliphatic hydroxyl groups is 7. The van der Waals surface area contributed by atoms with Gasteiger partial charge in [0.15, 0.2) is 29.1 Å². The van der Waals surface area contributed by atoms with Crippen LogP contribution in [-0.2, 0) is 59.0 Å². The van der Waals surface area contributed by atoms with Gasteiger partial charge in [-0.15, -0.1) is 12.4 Å². The number of aromatic hydroxyl groups is 4. The highest BCUT2D eigenvalue weighted by Crippen LogP contribution is 2.51. The number of ether oxygens (including phenoxy) is 7. The van der Waals surface area contributed by atoms with E-state index in [-0.39, 0.29) is 60.2 Å². The summed E-state index contributed by atoms with van der Waals surface area (Å²) >= 11 is 14.3. The third kappa shape index (κ3) is 22.0. The molecule has 0 radical (unpaired) electrons. The van der Waals surface area contributed by atoms with Crippen LogP contribution in [0.1, 0.15) is 147 Å². The van der Waals surface area contributed by atoms with Gasteiger partial charge in [0.2, 0.25) is 65.6 Å². The molecule has 0 saturated carbocycles. The van der Waals surface area contributed by atoms with Gasteiger partial charge in [-0.3, -0.25) is 43.3 Å². The number of carboxylic acids is 1. The van der Waals surface area contributed by atoms with Crippen LogP contribution in [0.3, 0.4) is 0 Å². The van der Waals surface area contributed by atoms with Gasteiger partial charge in [0.1, 0.15) is 131 Å². The third-order valence-corrected chi connectivity index (χ3v) is 23.6. The van der Waals surface area contributed by atoms with Crippen molar-refractivity contribution in [2.75, 3.05) is 47.9 Å². The first kappa shape index (κ1) is 97.5. The molecule has 0 aromatic heterocycles. The minimum absolute atomic E-state index is 0. The van der Waals surface area contributed by atoms with Gasteiger partial charge in [0, 0.05) is 48.2 Å². The average Bonchev–Trinajstić information content (AvgIpc) is 0.759. The molecular formula is C89H103Cl3N10O28. The number of carbonyl (C=O) groups excluding carboxylic acids is 8. The van der Waals surface area contributed by atoms with Crippen LogP contribution >= 0.6 is 35.6 Å². The second kappa shape index (κ2) is 42.1. The standard InChI is InChI=1S/C89H102Cl2N10O28.ClH/c1-39(2)14-11-9-7-8-10-12-15-62(107)94-70-74(110)76(112)79(87(121)122)129-88(70)128-78-59-32-44-33-60(78)125-56-25-20-43(30-51(56)90)72(108)69-85(119)98-67(81(115)92-26-13-27-100(3)4)49-34-45(103)35-58(126-89-77(113)75(111)73(109)61(38-102)127-89)63(49)48-29-41(18-23-53(48)104)65(82(116)99-69)95-83(117)66(44)96-84(118)68-50-36-47(37-55(106)64(50)91)124-57-31-42(19-24-54(57)105)71(101(5)6)86(120)93-52(80(114)97-68)28-40-16-21-46(123-59)22-17-40;/h16-25,29-37,39,52,61,65-77,79,88-89,102-106,108-113H,7-15,26-28,38H2,1-6H3,(H,92,115)(H,93,120)(H,94,107)(H,95,117)(H,96,118)(H,97,114)(H,98,119)(H,99,116)(H,121,122);1H/t52-,61-,65-,66-,67+,68+,69+,70-,71-,72-,73-,74-,75+,76+,77+,79+,88-,89+;/m1./s1. The van der Waals surface area contributed by atoms with Crippen molar-refractivity contribution in [2.45, 2.75) is 188 Å². The molecule has 0 aliphatic carbocycles. The second-order valence-corrected chi connectivity index (χ2v) is 34.1. The van der Waals surface area contributed by atoms with E-state index in [1.807, 2.05) is 0 Å². The zero-order valence-corrected chi connectivity index (χ0v) is 73.4. The maximum absolute atomic E-state index is 16.9. The van der Waals surface area contributed by atoms with Crippen LogP contribution in [0, 0.1) is 5.92 Å². The number of phenolic OH excluding ortho intramolecular Hbond substituents is 4. The van der Waals surface area contributed by atoms with Crippen molar-refractivity contribution in [2.24, 2.45) is 5.92 Å². The normalized spacial score (nSPS) is 25.6. The summed E-state index contributed by atoms with van der Waals surface area (Å²) in [5, 5.41) is 159. The monoisotopic (exact) mass is 1860 g/mol. The maximum Gasteiger partial charge on any atom is 0.335 e. The van der Waals surface area contributed by atoms with Gasteiger partial charge in [0.25, 0.3) is 0 Å². The van der Waals surface area contributed by atoms with Crippen LogP contribution in [0.15, 0.2) is 115 Å². The largest absolute Gasteiger partial charge is 0.508 e. The fraction of sp³-hybridized carbons (Fsp3) is 0.427. The van der Waals surface area contributed by atoms with E-state index in [1.165, 1.54) is 47.4 Å². The highest BCUT2D eigenvalue weighted by molar-refractivity contribution is 6.33. The average molecular weight is 1870 g/mol. The molecule has 0 unspecified atom stereocenters. The van der Waals surface area contributed by atoms with Crippen molar-refractivity contribution < 1.29 is 138 Å². The molecule has 15 rings (SSSR count). The molecule has 20 N–H and O–H groups in total. The van der Waals surface area contributed by atoms with Gasteiger partial charge in [-0.2, -0.15) is 0 Å². The Hall–Kier alpha value is -11.6. The van der Waals surface area contributed by atoms with Crippen molar-refractivity contribution in [3.63, 3.8) is 0 Å². The molecule has 41 heteroatoms. The lowest BCUT2D eigenvalue weighted by Crippen LogP contribution is -2.66. The molecule has 8 amide bonds. The minimum Gasteiger partial charge on any atom is -0.508 e. The Kier molecular flexibility index (Phi) is 31.6. The molecule has 8 aliphatic heterocycles. The number of carbonyl (C=O) groups is 9. The quantitative estimate of drug-likeness (QED) is 0.0400. The van der Waals surface area contributed by atoms with E-state index in [1.54, 1.807) is 33.1 Å². The van der Waals surface area contributed by atoms with Crippen LogP contribution in [0.4, 0.5) is 0 Å². The summed E-state index contributed by atoms with van der Waals surface area (Å²) in [4.78, 5) is 142. The van der Waals surface area contributed by atoms with E-state index < -0.39 is 271 Å². The maximum atomic E-state index is 16.9. The van der Waals surface area contributed by atoms with Gasteiger partial charge in [-0.25, -0.2) is 4.79 Å². The van der Waals surface area contributed by atoms with Crippen LogP contribution in [0.5, 0.6) is 69.0 Å². The number of aliphatic hydroxyl groups excluding tert-OH is 7. The Morgan fingerprint density at radius 2 is 1.19 bits per heavy atom. The minimum atomic E-state index is -2.45. The van der Waals surface area contributed by atoms with Gasteiger partial charge in [0.05, 0.1) is 16.7 Å². The number of rotatable bonds is 22. The molecule has 0 spiro atoms. The van der Waals surface area contributed by atoms with Crippen LogP contribution in [0.25, 0.3) is 11.1 Å². The smallest absolute Gasteiger partial charge is 0.335 e. The molecule has 18 atom stereocenters. The summed E-state index contributed by atoms with van der Waals surface area (Å²) in [6.07, 6.45) is -15.8. The van der Waals surface area contributed by atoms with Gasteiger partial charge < -0.3 is 142 Å². The van der Waals surface area contributed by atoms with Crippen LogP contribution < -0.4 is 66.2 Å². The SMILES string of the molecule is CC(C)CCCCCCCCC(=O)N[C@H]1[C@H](Oc2c3cc4cc2Oc2ccc(cc2Cl)[C@@H](O)[C@@H]2NC(=O)[C@H](NC(=O)[C@@H]4NC(=O)[C@H]4NC(=O)[C@@H](Cc5ccc(cc5)O3)NC(=O)[C@H](N(C)C)c3ccc(O)c(c3)Oc3cc(O)c(Cl)c4c3)c3ccc(O)c(c3)-c3c(O[C@H]4O[C@H](CO)[C@@H](O)[C@H](O)[C@@H]4O)cc(O)cc3[C@@H](C(=O)NCCCN(C)C)NC2=O)O[C@H](C(=O)O)[C@@H](O)[C@@H]1O.Cl. The number of amides is 8. The number of nitrogens with zero attached hydrogens (tertiary/aromatic N) is 2. The molecule has 7 aromatic rings. The Bertz CT molecular complexity index is 5380. The summed E-state index contributed by atoms with van der Waals surface area (Å²) in [6, 6.07) is 5.87. The Balaban J connectivity index is 0.0000153. The molecule has 2 fully saturated rings. The van der Waals surface area contributed by atoms with Crippen molar-refractivity contribution in [1.82, 2.24) is 52.3 Å². The van der Waals surface area contributed by atoms with Crippen molar-refractivity contribution >= 4 is 88.8 Å². The first-order valence-electron chi connectivity index (χ1n) is 41.9. The first-order valence-corrected chi connectivity index (χ1v) is 42.6. The molecule has 8 heterocycles. The molecule has 130 heavy (non-hydrogen) atoms. The number of nitrogens with one attached hydrogen (secondary N) is 8. The lowest BCUT2D eigenvalue weighted by molar-refractivity contribution is -0.277. The van der Waals surface area contributed by atoms with Crippen molar-refractivity contribution in [1.29, 1.82) is 0 Å². The number of halogens is 3. The molecule has 7 aromatic carbocycles. The molecule has 17 bridgehead atoms. The number of hydrogen-bond donors (Lipinski definition) is 20. The fourth-order valence-electron chi connectivity index (χ4n) is 16.1. The van der Waals surface area contributed by atoms with Crippen molar-refractivity contribution in [3.8, 4) is 80.1 Å². The lowest BCUT2D eigenvalue weighted by atomic mass is 9.89. The molecule has 698 valence electrons. The van der Waals surface area contributed by atoms with Gasteiger partial charge >= 0.3 is 5.97 Å². The zero-order chi connectivity index (χ0) is 92.8. The zero-order valence-electron chi connectivity index (χ0n) is 71.1. The second-order valence-electron chi connectivity index (χ2n) is 33.3. The number of benzene rings is 7. The number of unbranched alkanes of at least 4 members (excludes halogenated alkanes) is 5. The summed E-state index contributed by atoms with van der Waals surface area (Å²) in [5.41, 5.74) is -2.63. The molecular weight excluding hydrogens is 1760 g/mol. The predicted molar refractivity (Wildman–Crippen MR) is 464 cm³/mol. The number of hydrogen-bond acceptors (Lipinski definition) is 29. The molecule has 2 saturated heterocycles. The van der Waals surface area contributed by atoms with E-state index in [0.717, 1.165) is 105 Å². The highest BCUT2D eigenvalue weighted by atomic mass is 35.5. The number of likely N-dealkylation sites (N-methyl/N-ethyl adjacent to an activating group) is 1. The summed E-state index contributed by atoms with van der Waals surface area (Å²) in [7, 11) is 6.63. The van der Waals surface area contributed by atoms with E-state index in [4.69, 9.17) is 56.4 Å².